The molecule has 1 saturated carbocycles. The van der Waals surface area contributed by atoms with Gasteiger partial charge < -0.3 is 14.8 Å². The molecule has 0 aromatic carbocycles. The van der Waals surface area contributed by atoms with Crippen molar-refractivity contribution in [2.24, 2.45) is 5.92 Å². The minimum Gasteiger partial charge on any atom is -0.379 e. The SMILES string of the molecule is CC(C)COCCOCCCCCCNC1CC1. The molecule has 0 saturated heterocycles. The Morgan fingerprint density at radius 2 is 1.67 bits per heavy atom. The molecule has 1 aliphatic carbocycles. The molecule has 108 valence electrons. The molecule has 0 aromatic heterocycles. The van der Waals surface area contributed by atoms with Gasteiger partial charge in [-0.15, -0.1) is 0 Å². The van der Waals surface area contributed by atoms with Gasteiger partial charge in [0.05, 0.1) is 13.2 Å². The summed E-state index contributed by atoms with van der Waals surface area (Å²) < 4.78 is 11.0. The number of hydrogen-bond acceptors (Lipinski definition) is 3. The van der Waals surface area contributed by atoms with Gasteiger partial charge in [-0.2, -0.15) is 0 Å². The lowest BCUT2D eigenvalue weighted by atomic mass is 10.2. The number of unbranched alkanes of at least 4 members (excludes halogenated alkanes) is 3. The van der Waals surface area contributed by atoms with E-state index in [1.54, 1.807) is 0 Å². The summed E-state index contributed by atoms with van der Waals surface area (Å²) in [5, 5.41) is 3.54. The van der Waals surface area contributed by atoms with E-state index in [1.165, 1.54) is 45.1 Å². The van der Waals surface area contributed by atoms with Crippen molar-refractivity contribution in [1.82, 2.24) is 5.32 Å². The van der Waals surface area contributed by atoms with E-state index in [9.17, 15) is 0 Å². The molecule has 18 heavy (non-hydrogen) atoms. The van der Waals surface area contributed by atoms with Crippen LogP contribution < -0.4 is 5.32 Å². The molecule has 0 radical (unpaired) electrons. The number of rotatable bonds is 13. The predicted molar refractivity (Wildman–Crippen MR) is 76.0 cm³/mol. The predicted octanol–water partition coefficient (Wildman–Crippen LogP) is 2.99. The van der Waals surface area contributed by atoms with Crippen molar-refractivity contribution in [3.05, 3.63) is 0 Å². The highest BCUT2D eigenvalue weighted by atomic mass is 16.5. The zero-order valence-electron chi connectivity index (χ0n) is 12.2. The van der Waals surface area contributed by atoms with Gasteiger partial charge in [0.1, 0.15) is 0 Å². The van der Waals surface area contributed by atoms with Gasteiger partial charge in [-0.25, -0.2) is 0 Å². The first-order valence-corrected chi connectivity index (χ1v) is 7.68. The van der Waals surface area contributed by atoms with E-state index in [-0.39, 0.29) is 0 Å². The minimum absolute atomic E-state index is 0.620. The van der Waals surface area contributed by atoms with Crippen LogP contribution in [0.25, 0.3) is 0 Å². The Labute approximate surface area is 113 Å². The second kappa shape index (κ2) is 10.8. The second-order valence-corrected chi connectivity index (χ2v) is 5.72. The van der Waals surface area contributed by atoms with Crippen LogP contribution >= 0.6 is 0 Å². The highest BCUT2D eigenvalue weighted by Crippen LogP contribution is 2.18. The summed E-state index contributed by atoms with van der Waals surface area (Å²) in [4.78, 5) is 0. The third-order valence-electron chi connectivity index (χ3n) is 3.05. The van der Waals surface area contributed by atoms with Crippen LogP contribution in [0.2, 0.25) is 0 Å². The first kappa shape index (κ1) is 15.9. The molecule has 0 spiro atoms. The molecule has 3 nitrogen and oxygen atoms in total. The molecule has 0 aliphatic heterocycles. The molecule has 0 unspecified atom stereocenters. The van der Waals surface area contributed by atoms with Crippen molar-refractivity contribution in [2.45, 2.75) is 58.4 Å². The third kappa shape index (κ3) is 11.0. The zero-order valence-corrected chi connectivity index (χ0v) is 12.2. The van der Waals surface area contributed by atoms with Crippen LogP contribution in [0.15, 0.2) is 0 Å². The summed E-state index contributed by atoms with van der Waals surface area (Å²) in [5.41, 5.74) is 0. The van der Waals surface area contributed by atoms with Crippen molar-refractivity contribution >= 4 is 0 Å². The molecule has 1 aliphatic rings. The molecular weight excluding hydrogens is 226 g/mol. The van der Waals surface area contributed by atoms with E-state index in [0.29, 0.717) is 5.92 Å². The largest absolute Gasteiger partial charge is 0.379 e. The standard InChI is InChI=1S/C15H31NO2/c1-14(2)13-18-12-11-17-10-6-4-3-5-9-16-15-7-8-15/h14-16H,3-13H2,1-2H3. The van der Waals surface area contributed by atoms with Crippen LogP contribution in [0.1, 0.15) is 52.4 Å². The maximum absolute atomic E-state index is 5.53. The molecule has 0 aromatic rings. The molecule has 0 atom stereocenters. The number of ether oxygens (including phenoxy) is 2. The van der Waals surface area contributed by atoms with E-state index in [1.807, 2.05) is 0 Å². The quantitative estimate of drug-likeness (QED) is 0.515. The lowest BCUT2D eigenvalue weighted by Gasteiger charge is -2.07. The maximum atomic E-state index is 5.53. The zero-order chi connectivity index (χ0) is 13.1. The average Bonchev–Trinajstić information content (AvgIpc) is 3.14. The lowest BCUT2D eigenvalue weighted by molar-refractivity contribution is 0.0365. The van der Waals surface area contributed by atoms with Crippen LogP contribution in [0, 0.1) is 5.92 Å². The van der Waals surface area contributed by atoms with Gasteiger partial charge in [0.25, 0.3) is 0 Å². The fourth-order valence-electron chi connectivity index (χ4n) is 1.82. The third-order valence-corrected chi connectivity index (χ3v) is 3.05. The lowest BCUT2D eigenvalue weighted by Crippen LogP contribution is -2.17. The van der Waals surface area contributed by atoms with E-state index >= 15 is 0 Å². The fraction of sp³-hybridized carbons (Fsp3) is 1.00. The van der Waals surface area contributed by atoms with Gasteiger partial charge in [0, 0.05) is 19.3 Å². The summed E-state index contributed by atoms with van der Waals surface area (Å²) >= 11 is 0. The van der Waals surface area contributed by atoms with Crippen LogP contribution in [0.3, 0.4) is 0 Å². The summed E-state index contributed by atoms with van der Waals surface area (Å²) in [5.74, 6) is 0.620. The van der Waals surface area contributed by atoms with Crippen molar-refractivity contribution in [3.63, 3.8) is 0 Å². The Balaban J connectivity index is 1.63. The Morgan fingerprint density at radius 1 is 0.944 bits per heavy atom. The molecular formula is C15H31NO2. The monoisotopic (exact) mass is 257 g/mol. The molecule has 0 amide bonds. The molecule has 0 bridgehead atoms. The second-order valence-electron chi connectivity index (χ2n) is 5.72. The van der Waals surface area contributed by atoms with Crippen molar-refractivity contribution in [3.8, 4) is 0 Å². The van der Waals surface area contributed by atoms with Crippen molar-refractivity contribution < 1.29 is 9.47 Å². The summed E-state index contributed by atoms with van der Waals surface area (Å²) in [7, 11) is 0. The maximum Gasteiger partial charge on any atom is 0.0700 e. The Hall–Kier alpha value is -0.120. The van der Waals surface area contributed by atoms with Gasteiger partial charge in [-0.3, -0.25) is 0 Å². The molecule has 0 heterocycles. The normalized spacial score (nSPS) is 15.5. The Kier molecular flexibility index (Phi) is 9.54. The minimum atomic E-state index is 0.620. The molecule has 3 heteroatoms. The van der Waals surface area contributed by atoms with Gasteiger partial charge in [0.2, 0.25) is 0 Å². The van der Waals surface area contributed by atoms with E-state index in [4.69, 9.17) is 9.47 Å². The topological polar surface area (TPSA) is 30.5 Å². The van der Waals surface area contributed by atoms with E-state index in [2.05, 4.69) is 19.2 Å². The first-order chi connectivity index (χ1) is 8.79. The van der Waals surface area contributed by atoms with Crippen LogP contribution in [0.4, 0.5) is 0 Å². The van der Waals surface area contributed by atoms with E-state index in [0.717, 1.165) is 32.5 Å². The highest BCUT2D eigenvalue weighted by Gasteiger charge is 2.19. The Morgan fingerprint density at radius 3 is 2.39 bits per heavy atom. The van der Waals surface area contributed by atoms with Crippen LogP contribution in [0.5, 0.6) is 0 Å². The van der Waals surface area contributed by atoms with Crippen molar-refractivity contribution in [2.75, 3.05) is 33.0 Å². The van der Waals surface area contributed by atoms with Crippen molar-refractivity contribution in [1.29, 1.82) is 0 Å². The molecule has 1 N–H and O–H groups in total. The van der Waals surface area contributed by atoms with E-state index < -0.39 is 0 Å². The smallest absolute Gasteiger partial charge is 0.0700 e. The summed E-state index contributed by atoms with van der Waals surface area (Å²) in [6.07, 6.45) is 7.91. The molecule has 1 rings (SSSR count). The van der Waals surface area contributed by atoms with Crippen LogP contribution in [-0.4, -0.2) is 39.0 Å². The van der Waals surface area contributed by atoms with Gasteiger partial charge >= 0.3 is 0 Å². The van der Waals surface area contributed by atoms with Gasteiger partial charge in [-0.05, 0) is 38.1 Å². The summed E-state index contributed by atoms with van der Waals surface area (Å²) in [6.45, 7) is 8.75. The fourth-order valence-corrected chi connectivity index (χ4v) is 1.82. The van der Waals surface area contributed by atoms with Gasteiger partial charge in [-0.1, -0.05) is 26.7 Å². The first-order valence-electron chi connectivity index (χ1n) is 7.68. The highest BCUT2D eigenvalue weighted by molar-refractivity contribution is 4.80. The Bertz CT molecular complexity index is 169. The number of nitrogens with one attached hydrogen (secondary N) is 1. The van der Waals surface area contributed by atoms with Gasteiger partial charge in [0.15, 0.2) is 0 Å². The average molecular weight is 257 g/mol. The number of hydrogen-bond donors (Lipinski definition) is 1. The molecule has 1 fully saturated rings. The van der Waals surface area contributed by atoms with Crippen LogP contribution in [-0.2, 0) is 9.47 Å². The summed E-state index contributed by atoms with van der Waals surface area (Å²) in [6, 6.07) is 0.860.